The van der Waals surface area contributed by atoms with Gasteiger partial charge in [-0.2, -0.15) is 0 Å². The largest absolute Gasteiger partial charge is 0.395 e. The molecule has 2 atom stereocenters. The van der Waals surface area contributed by atoms with E-state index in [4.69, 9.17) is 4.74 Å². The molecular formula is C13H23NO2. The maximum absolute atomic E-state index is 9.40. The van der Waals surface area contributed by atoms with Crippen LogP contribution in [-0.4, -0.2) is 47.4 Å². The minimum absolute atomic E-state index is 0.242. The van der Waals surface area contributed by atoms with E-state index in [9.17, 15) is 5.11 Å². The van der Waals surface area contributed by atoms with Gasteiger partial charge in [0.15, 0.2) is 0 Å². The summed E-state index contributed by atoms with van der Waals surface area (Å²) in [5.74, 6) is 0. The Hall–Kier alpha value is -0.120. The normalized spacial score (nSPS) is 38.8. The molecule has 92 valence electrons. The molecular weight excluding hydrogens is 202 g/mol. The van der Waals surface area contributed by atoms with Crippen LogP contribution in [0.25, 0.3) is 0 Å². The SMILES string of the molecule is OC[C@@H]1CCCN1C1CCOC2(CCC2)C1. The van der Waals surface area contributed by atoms with E-state index in [1.54, 1.807) is 0 Å². The quantitative estimate of drug-likeness (QED) is 0.774. The molecule has 3 aliphatic rings. The highest BCUT2D eigenvalue weighted by atomic mass is 16.5. The number of aliphatic hydroxyl groups excluding tert-OH is 1. The van der Waals surface area contributed by atoms with Gasteiger partial charge in [0.05, 0.1) is 12.2 Å². The number of nitrogens with zero attached hydrogens (tertiary/aromatic N) is 1. The summed E-state index contributed by atoms with van der Waals surface area (Å²) in [4.78, 5) is 2.56. The van der Waals surface area contributed by atoms with E-state index in [2.05, 4.69) is 4.90 Å². The monoisotopic (exact) mass is 225 g/mol. The Labute approximate surface area is 97.8 Å². The van der Waals surface area contributed by atoms with Crippen LogP contribution in [-0.2, 0) is 4.74 Å². The first kappa shape index (κ1) is 11.0. The van der Waals surface area contributed by atoms with Crippen molar-refractivity contribution >= 4 is 0 Å². The first-order valence-corrected chi connectivity index (χ1v) is 6.84. The number of rotatable bonds is 2. The molecule has 1 saturated carbocycles. The van der Waals surface area contributed by atoms with Crippen molar-refractivity contribution in [2.45, 2.75) is 62.6 Å². The molecule has 0 aromatic carbocycles. The topological polar surface area (TPSA) is 32.7 Å². The molecule has 0 radical (unpaired) electrons. The summed E-state index contributed by atoms with van der Waals surface area (Å²) in [6.45, 7) is 2.45. The third kappa shape index (κ3) is 1.79. The van der Waals surface area contributed by atoms with Crippen molar-refractivity contribution in [3.8, 4) is 0 Å². The lowest BCUT2D eigenvalue weighted by Gasteiger charge is -2.49. The van der Waals surface area contributed by atoms with Crippen LogP contribution in [0.4, 0.5) is 0 Å². The highest BCUT2D eigenvalue weighted by molar-refractivity contribution is 4.98. The van der Waals surface area contributed by atoms with E-state index in [1.165, 1.54) is 45.1 Å². The lowest BCUT2D eigenvalue weighted by Crippen LogP contribution is -2.53. The Morgan fingerprint density at radius 2 is 2.12 bits per heavy atom. The summed E-state index contributed by atoms with van der Waals surface area (Å²) in [6.07, 6.45) is 8.69. The Morgan fingerprint density at radius 3 is 2.81 bits per heavy atom. The minimum atomic E-state index is 0.242. The average Bonchev–Trinajstić information content (AvgIpc) is 2.75. The molecule has 0 aromatic rings. The summed E-state index contributed by atoms with van der Waals surface area (Å²) >= 11 is 0. The Kier molecular flexibility index (Phi) is 2.94. The van der Waals surface area contributed by atoms with Crippen LogP contribution in [0.3, 0.4) is 0 Å². The smallest absolute Gasteiger partial charge is 0.0697 e. The molecule has 3 nitrogen and oxygen atoms in total. The Balaban J connectivity index is 1.65. The maximum atomic E-state index is 9.40. The first-order valence-electron chi connectivity index (χ1n) is 6.84. The lowest BCUT2D eigenvalue weighted by atomic mass is 9.73. The van der Waals surface area contributed by atoms with Crippen LogP contribution < -0.4 is 0 Å². The number of hydrogen-bond donors (Lipinski definition) is 1. The van der Waals surface area contributed by atoms with Crippen LogP contribution in [0.2, 0.25) is 0 Å². The van der Waals surface area contributed by atoms with Gasteiger partial charge < -0.3 is 9.84 Å². The van der Waals surface area contributed by atoms with Gasteiger partial charge in [-0.15, -0.1) is 0 Å². The molecule has 3 heteroatoms. The van der Waals surface area contributed by atoms with Gasteiger partial charge in [0.2, 0.25) is 0 Å². The van der Waals surface area contributed by atoms with Crippen molar-refractivity contribution in [2.75, 3.05) is 19.8 Å². The summed E-state index contributed by atoms with van der Waals surface area (Å²) in [7, 11) is 0. The predicted molar refractivity (Wildman–Crippen MR) is 62.4 cm³/mol. The molecule has 3 fully saturated rings. The van der Waals surface area contributed by atoms with E-state index < -0.39 is 0 Å². The van der Waals surface area contributed by atoms with Crippen LogP contribution in [0, 0.1) is 0 Å². The van der Waals surface area contributed by atoms with E-state index in [0.29, 0.717) is 18.7 Å². The molecule has 1 N–H and O–H groups in total. The molecule has 0 bridgehead atoms. The average molecular weight is 225 g/mol. The van der Waals surface area contributed by atoms with Gasteiger partial charge in [-0.05, 0) is 51.5 Å². The van der Waals surface area contributed by atoms with Gasteiger partial charge in [-0.1, -0.05) is 0 Å². The van der Waals surface area contributed by atoms with Crippen LogP contribution in [0.15, 0.2) is 0 Å². The van der Waals surface area contributed by atoms with Gasteiger partial charge >= 0.3 is 0 Å². The fourth-order valence-electron chi connectivity index (χ4n) is 3.74. The summed E-state index contributed by atoms with van der Waals surface area (Å²) in [5, 5.41) is 9.40. The second-order valence-electron chi connectivity index (χ2n) is 5.75. The molecule has 2 heterocycles. The second-order valence-corrected chi connectivity index (χ2v) is 5.75. The molecule has 1 unspecified atom stereocenters. The molecule has 0 amide bonds. The molecule has 1 aliphatic carbocycles. The van der Waals surface area contributed by atoms with E-state index in [-0.39, 0.29) is 5.60 Å². The fourth-order valence-corrected chi connectivity index (χ4v) is 3.74. The zero-order valence-electron chi connectivity index (χ0n) is 10.0. The van der Waals surface area contributed by atoms with Gasteiger partial charge in [-0.3, -0.25) is 4.90 Å². The standard InChI is InChI=1S/C13H23NO2/c15-10-12-3-1-7-14(12)11-4-8-16-13(9-11)5-2-6-13/h11-12,15H,1-10H2/t11?,12-/m0/s1. The van der Waals surface area contributed by atoms with Crippen molar-refractivity contribution in [1.29, 1.82) is 0 Å². The van der Waals surface area contributed by atoms with E-state index in [1.807, 2.05) is 0 Å². The zero-order chi connectivity index (χ0) is 11.0. The first-order chi connectivity index (χ1) is 7.83. The number of ether oxygens (including phenoxy) is 1. The third-order valence-corrected chi connectivity index (χ3v) is 4.83. The number of hydrogen-bond acceptors (Lipinski definition) is 3. The summed E-state index contributed by atoms with van der Waals surface area (Å²) in [5.41, 5.74) is 0.242. The highest BCUT2D eigenvalue weighted by Crippen LogP contribution is 2.44. The Bertz CT molecular complexity index is 252. The van der Waals surface area contributed by atoms with Gasteiger partial charge in [0, 0.05) is 18.7 Å². The van der Waals surface area contributed by atoms with Gasteiger partial charge in [-0.25, -0.2) is 0 Å². The number of aliphatic hydroxyl groups is 1. The maximum Gasteiger partial charge on any atom is 0.0697 e. The molecule has 0 aromatic heterocycles. The van der Waals surface area contributed by atoms with Crippen molar-refractivity contribution < 1.29 is 9.84 Å². The molecule has 1 spiro atoms. The summed E-state index contributed by atoms with van der Waals surface area (Å²) in [6, 6.07) is 1.11. The van der Waals surface area contributed by atoms with Crippen molar-refractivity contribution in [3.05, 3.63) is 0 Å². The second kappa shape index (κ2) is 4.28. The van der Waals surface area contributed by atoms with E-state index >= 15 is 0 Å². The summed E-state index contributed by atoms with van der Waals surface area (Å²) < 4.78 is 5.97. The molecule has 2 aliphatic heterocycles. The van der Waals surface area contributed by atoms with E-state index in [0.717, 1.165) is 13.0 Å². The van der Waals surface area contributed by atoms with Crippen LogP contribution in [0.1, 0.15) is 44.9 Å². The van der Waals surface area contributed by atoms with Crippen molar-refractivity contribution in [3.63, 3.8) is 0 Å². The van der Waals surface area contributed by atoms with Crippen molar-refractivity contribution in [2.24, 2.45) is 0 Å². The minimum Gasteiger partial charge on any atom is -0.395 e. The molecule has 2 saturated heterocycles. The van der Waals surface area contributed by atoms with Gasteiger partial charge in [0.25, 0.3) is 0 Å². The number of likely N-dealkylation sites (tertiary alicyclic amines) is 1. The lowest BCUT2D eigenvalue weighted by molar-refractivity contribution is -0.150. The van der Waals surface area contributed by atoms with Crippen LogP contribution in [0.5, 0.6) is 0 Å². The Morgan fingerprint density at radius 1 is 1.25 bits per heavy atom. The van der Waals surface area contributed by atoms with Gasteiger partial charge in [0.1, 0.15) is 0 Å². The predicted octanol–water partition coefficient (Wildman–Crippen LogP) is 1.54. The fraction of sp³-hybridized carbons (Fsp3) is 1.00. The third-order valence-electron chi connectivity index (χ3n) is 4.83. The van der Waals surface area contributed by atoms with Crippen LogP contribution >= 0.6 is 0 Å². The zero-order valence-corrected chi connectivity index (χ0v) is 10.0. The molecule has 3 rings (SSSR count). The molecule has 16 heavy (non-hydrogen) atoms. The highest BCUT2D eigenvalue weighted by Gasteiger charge is 2.45. The van der Waals surface area contributed by atoms with Crippen molar-refractivity contribution in [1.82, 2.24) is 4.90 Å².